The van der Waals surface area contributed by atoms with E-state index in [-0.39, 0.29) is 24.3 Å². The maximum Gasteiger partial charge on any atom is 0.410 e. The summed E-state index contributed by atoms with van der Waals surface area (Å²) in [4.78, 5) is 40.6. The van der Waals surface area contributed by atoms with Gasteiger partial charge in [-0.2, -0.15) is 0 Å². The first-order valence-corrected chi connectivity index (χ1v) is 30.8. The highest BCUT2D eigenvalue weighted by molar-refractivity contribution is 6.76. The highest BCUT2D eigenvalue weighted by atomic mass is 28.3. The van der Waals surface area contributed by atoms with Crippen LogP contribution in [0.25, 0.3) is 22.3 Å². The lowest BCUT2D eigenvalue weighted by Crippen LogP contribution is -2.37. The maximum atomic E-state index is 13.4. The Kier molecular flexibility index (Phi) is 13.8. The molecular formula is C49H74N6O6Si2. The molecule has 1 saturated carbocycles. The first kappa shape index (κ1) is 47.0. The van der Waals surface area contributed by atoms with Gasteiger partial charge in [0.25, 0.3) is 0 Å². The van der Waals surface area contributed by atoms with Crippen molar-refractivity contribution in [3.63, 3.8) is 0 Å². The van der Waals surface area contributed by atoms with Crippen LogP contribution >= 0.6 is 0 Å². The molecule has 0 radical (unpaired) electrons. The van der Waals surface area contributed by atoms with Crippen LogP contribution in [-0.2, 0) is 32.4 Å². The van der Waals surface area contributed by atoms with E-state index in [4.69, 9.17) is 28.9 Å². The van der Waals surface area contributed by atoms with Gasteiger partial charge in [-0.1, -0.05) is 69.6 Å². The molecule has 3 fully saturated rings. The molecule has 4 heterocycles. The molecule has 63 heavy (non-hydrogen) atoms. The number of fused-ring (bicyclic) bond motifs is 1. The van der Waals surface area contributed by atoms with Gasteiger partial charge in [-0.25, -0.2) is 19.6 Å². The van der Waals surface area contributed by atoms with Crippen LogP contribution in [-0.4, -0.2) is 94.7 Å². The lowest BCUT2D eigenvalue weighted by molar-refractivity contribution is 0.0195. The summed E-state index contributed by atoms with van der Waals surface area (Å²) in [6, 6.07) is 17.5. The molecule has 2 unspecified atom stereocenters. The molecule has 3 aliphatic rings. The number of ether oxygens (including phenoxy) is 4. The van der Waals surface area contributed by atoms with Crippen LogP contribution in [0.2, 0.25) is 51.4 Å². The van der Waals surface area contributed by atoms with Gasteiger partial charge in [-0.15, -0.1) is 0 Å². The molecule has 2 saturated heterocycles. The summed E-state index contributed by atoms with van der Waals surface area (Å²) in [5.41, 5.74) is 5.50. The Morgan fingerprint density at radius 3 is 1.73 bits per heavy atom. The van der Waals surface area contributed by atoms with Crippen LogP contribution < -0.4 is 0 Å². The molecule has 2 aromatic heterocycles. The topological polar surface area (TPSA) is 113 Å². The Labute approximate surface area is 378 Å². The van der Waals surface area contributed by atoms with Crippen molar-refractivity contribution in [2.45, 2.75) is 174 Å². The standard InChI is InChI=1S/C49H74N6O6Si2/c1-48(2,3)60-46(56)52-23-13-15-40(52)44-50-31-43(55(44)33-59-26-28-63(10,11)12)35-19-17-34(18-20-35)37-30-38(37)36-21-22-39-42(29-36)54(32-58-25-27-62(7,8)9)45(51-39)41-16-14-24-53(41)47(57)61-49(4,5)6/h17-22,29,31,37-38,40-41H,13-16,23-28,30,32-33H2,1-12H3/t37?,38?,40-,41-/m0/s1. The number of imidazole rings is 2. The summed E-state index contributed by atoms with van der Waals surface area (Å²) in [5.74, 6) is 2.51. The van der Waals surface area contributed by atoms with Crippen molar-refractivity contribution in [2.75, 3.05) is 26.3 Å². The van der Waals surface area contributed by atoms with E-state index in [1.165, 1.54) is 11.1 Å². The van der Waals surface area contributed by atoms with Crippen molar-refractivity contribution < 1.29 is 28.5 Å². The van der Waals surface area contributed by atoms with Gasteiger partial charge in [0.2, 0.25) is 0 Å². The van der Waals surface area contributed by atoms with Crippen molar-refractivity contribution in [2.24, 2.45) is 0 Å². The van der Waals surface area contributed by atoms with Gasteiger partial charge in [-0.3, -0.25) is 9.80 Å². The average molecular weight is 899 g/mol. The van der Waals surface area contributed by atoms with Gasteiger partial charge in [0.15, 0.2) is 0 Å². The minimum atomic E-state index is -1.28. The van der Waals surface area contributed by atoms with Crippen molar-refractivity contribution in [3.05, 3.63) is 71.4 Å². The van der Waals surface area contributed by atoms with Crippen LogP contribution in [0, 0.1) is 0 Å². The van der Waals surface area contributed by atoms with E-state index in [1.807, 2.05) is 57.5 Å². The highest BCUT2D eigenvalue weighted by Gasteiger charge is 2.41. The second kappa shape index (κ2) is 18.5. The molecule has 0 N–H and O–H groups in total. The molecule has 344 valence electrons. The number of hydrogen-bond donors (Lipinski definition) is 0. The molecule has 2 amide bonds. The molecule has 2 aliphatic heterocycles. The van der Waals surface area contributed by atoms with Crippen molar-refractivity contribution >= 4 is 39.4 Å². The average Bonchev–Trinajstić information content (AvgIpc) is 3.59. The van der Waals surface area contributed by atoms with Crippen LogP contribution in [0.3, 0.4) is 0 Å². The summed E-state index contributed by atoms with van der Waals surface area (Å²) < 4.78 is 28.8. The molecule has 14 heteroatoms. The Morgan fingerprint density at radius 2 is 1.19 bits per heavy atom. The zero-order valence-electron chi connectivity index (χ0n) is 40.3. The van der Waals surface area contributed by atoms with Crippen molar-refractivity contribution in [1.82, 2.24) is 28.9 Å². The van der Waals surface area contributed by atoms with Crippen LogP contribution in [0.1, 0.15) is 120 Å². The summed E-state index contributed by atoms with van der Waals surface area (Å²) in [6.07, 6.45) is 5.90. The van der Waals surface area contributed by atoms with Crippen molar-refractivity contribution in [1.29, 1.82) is 0 Å². The summed E-state index contributed by atoms with van der Waals surface area (Å²) in [6.45, 7) is 29.1. The zero-order valence-corrected chi connectivity index (χ0v) is 42.3. The largest absolute Gasteiger partial charge is 0.444 e. The molecule has 12 nitrogen and oxygen atoms in total. The Morgan fingerprint density at radius 1 is 0.683 bits per heavy atom. The highest BCUT2D eigenvalue weighted by Crippen LogP contribution is 2.55. The van der Waals surface area contributed by atoms with E-state index in [2.05, 4.69) is 90.9 Å². The monoisotopic (exact) mass is 899 g/mol. The van der Waals surface area contributed by atoms with Gasteiger partial charge >= 0.3 is 12.2 Å². The van der Waals surface area contributed by atoms with E-state index in [0.717, 1.165) is 78.1 Å². The van der Waals surface area contributed by atoms with E-state index < -0.39 is 27.3 Å². The third kappa shape index (κ3) is 11.8. The van der Waals surface area contributed by atoms with Gasteiger partial charge in [0.05, 0.1) is 35.0 Å². The third-order valence-electron chi connectivity index (χ3n) is 12.3. The summed E-state index contributed by atoms with van der Waals surface area (Å²) in [7, 11) is -2.56. The molecule has 1 aliphatic carbocycles. The SMILES string of the molecule is CC(C)(C)OC(=O)N1CCC[C@H]1c1ncc(-c2ccc(C3CC3c3ccc4nc([C@@H]5CCCN5C(=O)OC(C)(C)C)n(COCC[Si](C)(C)C)c4c3)cc2)n1COCC[Si](C)(C)C. The minimum Gasteiger partial charge on any atom is -0.444 e. The Hall–Kier alpha value is -3.99. The number of hydrogen-bond acceptors (Lipinski definition) is 8. The minimum absolute atomic E-state index is 0.172. The molecule has 4 atom stereocenters. The lowest BCUT2D eigenvalue weighted by Gasteiger charge is -2.29. The van der Waals surface area contributed by atoms with Gasteiger partial charge < -0.3 is 28.1 Å². The smallest absolute Gasteiger partial charge is 0.410 e. The summed E-state index contributed by atoms with van der Waals surface area (Å²) in [5, 5.41) is 0. The number of carbonyl (C=O) groups excluding carboxylic acids is 2. The first-order valence-electron chi connectivity index (χ1n) is 23.4. The fraction of sp³-hybridized carbons (Fsp3) is 0.633. The second-order valence-corrected chi connectivity index (χ2v) is 33.7. The second-order valence-electron chi connectivity index (χ2n) is 22.5. The van der Waals surface area contributed by atoms with E-state index >= 15 is 0 Å². The zero-order chi connectivity index (χ0) is 45.5. The van der Waals surface area contributed by atoms with Crippen LogP contribution in [0.15, 0.2) is 48.7 Å². The molecule has 4 aromatic rings. The van der Waals surface area contributed by atoms with Crippen LogP contribution in [0.4, 0.5) is 9.59 Å². The molecule has 0 spiro atoms. The molecule has 0 bridgehead atoms. The number of rotatable bonds is 15. The van der Waals surface area contributed by atoms with Crippen molar-refractivity contribution in [3.8, 4) is 11.3 Å². The van der Waals surface area contributed by atoms with E-state index in [1.54, 1.807) is 0 Å². The molecule has 2 aromatic carbocycles. The number of amides is 2. The Bertz CT molecular complexity index is 2230. The third-order valence-corrected chi connectivity index (χ3v) is 15.7. The van der Waals surface area contributed by atoms with Crippen LogP contribution in [0.5, 0.6) is 0 Å². The summed E-state index contributed by atoms with van der Waals surface area (Å²) >= 11 is 0. The number of likely N-dealkylation sites (tertiary alicyclic amines) is 2. The fourth-order valence-corrected chi connectivity index (χ4v) is 10.4. The number of carbonyl (C=O) groups is 2. The number of aromatic nitrogens is 4. The van der Waals surface area contributed by atoms with E-state index in [9.17, 15) is 9.59 Å². The van der Waals surface area contributed by atoms with Gasteiger partial charge in [0.1, 0.15) is 36.3 Å². The van der Waals surface area contributed by atoms with Gasteiger partial charge in [-0.05, 0) is 126 Å². The maximum absolute atomic E-state index is 13.4. The van der Waals surface area contributed by atoms with Gasteiger partial charge in [0, 0.05) is 42.5 Å². The Balaban J connectivity index is 1.12. The predicted octanol–water partition coefficient (Wildman–Crippen LogP) is 11.9. The number of benzene rings is 2. The lowest BCUT2D eigenvalue weighted by atomic mass is 10.0. The molecular weight excluding hydrogens is 825 g/mol. The number of nitrogens with zero attached hydrogens (tertiary/aromatic N) is 6. The fourth-order valence-electron chi connectivity index (χ4n) is 8.85. The normalized spacial score (nSPS) is 20.8. The predicted molar refractivity (Wildman–Crippen MR) is 256 cm³/mol. The first-order chi connectivity index (χ1) is 29.6. The van der Waals surface area contributed by atoms with E-state index in [0.29, 0.717) is 51.6 Å². The molecule has 7 rings (SSSR count). The quantitative estimate of drug-likeness (QED) is 0.0856.